The Morgan fingerprint density at radius 1 is 0.902 bits per heavy atom. The molecule has 3 aromatic rings. The van der Waals surface area contributed by atoms with Crippen molar-refractivity contribution in [2.24, 2.45) is 0 Å². The van der Waals surface area contributed by atoms with Gasteiger partial charge in [-0.15, -0.1) is 0 Å². The first-order chi connectivity index (χ1) is 19.9. The van der Waals surface area contributed by atoms with E-state index >= 15 is 0 Å². The van der Waals surface area contributed by atoms with Crippen molar-refractivity contribution in [3.63, 3.8) is 0 Å². The van der Waals surface area contributed by atoms with E-state index in [1.807, 2.05) is 18.2 Å². The highest BCUT2D eigenvalue weighted by Gasteiger charge is 2.23. The van der Waals surface area contributed by atoms with E-state index in [-0.39, 0.29) is 38.8 Å². The number of hydrogen-bond donors (Lipinski definition) is 1. The lowest BCUT2D eigenvalue weighted by molar-refractivity contribution is -0.132. The minimum atomic E-state index is -0.475. The van der Waals surface area contributed by atoms with E-state index in [1.165, 1.54) is 12.0 Å². The van der Waals surface area contributed by atoms with Gasteiger partial charge in [0.25, 0.3) is 0 Å². The number of hydrogen-bond acceptors (Lipinski definition) is 8. The lowest BCUT2D eigenvalue weighted by atomic mass is 10.1. The summed E-state index contributed by atoms with van der Waals surface area (Å²) in [5.74, 6) is 1.15. The highest BCUT2D eigenvalue weighted by Crippen LogP contribution is 2.28. The van der Waals surface area contributed by atoms with Crippen LogP contribution >= 0.6 is 0 Å². The Bertz CT molecular complexity index is 1260. The number of anilines is 1. The van der Waals surface area contributed by atoms with Gasteiger partial charge in [0, 0.05) is 25.9 Å². The van der Waals surface area contributed by atoms with Crippen LogP contribution in [0.4, 0.5) is 10.5 Å². The molecule has 0 aliphatic rings. The third-order valence-electron chi connectivity index (χ3n) is 6.22. The number of furan rings is 1. The minimum Gasteiger partial charge on any atom is -0.493 e. The van der Waals surface area contributed by atoms with Crippen LogP contribution in [-0.2, 0) is 27.2 Å². The molecule has 0 unspecified atom stereocenters. The van der Waals surface area contributed by atoms with Gasteiger partial charge in [0.1, 0.15) is 12.3 Å². The van der Waals surface area contributed by atoms with Crippen LogP contribution in [0.3, 0.4) is 0 Å². The smallest absolute Gasteiger partial charge is 0.338 e. The van der Waals surface area contributed by atoms with Gasteiger partial charge >= 0.3 is 12.0 Å². The van der Waals surface area contributed by atoms with Crippen LogP contribution in [0.1, 0.15) is 28.6 Å². The molecule has 11 heteroatoms. The largest absolute Gasteiger partial charge is 0.493 e. The first-order valence-corrected chi connectivity index (χ1v) is 13.2. The van der Waals surface area contributed by atoms with Crippen molar-refractivity contribution in [2.45, 2.75) is 19.9 Å². The van der Waals surface area contributed by atoms with Crippen molar-refractivity contribution in [1.29, 1.82) is 0 Å². The SMILES string of the molecule is CCOC(=O)c1ccc(NC(=O)N(CCOC)CC(=O)N(CCc2ccc(OC)c(OC)c2)Cc2ccco2)cc1. The lowest BCUT2D eigenvalue weighted by Gasteiger charge is -2.27. The summed E-state index contributed by atoms with van der Waals surface area (Å²) < 4.78 is 26.4. The average molecular weight is 568 g/mol. The fourth-order valence-electron chi connectivity index (χ4n) is 4.01. The number of amides is 3. The number of carbonyl (C=O) groups excluding carboxylic acids is 3. The second-order valence-corrected chi connectivity index (χ2v) is 8.98. The molecule has 1 N–H and O–H groups in total. The number of ether oxygens (including phenoxy) is 4. The van der Waals surface area contributed by atoms with Gasteiger partial charge in [-0.1, -0.05) is 6.07 Å². The Labute approximate surface area is 239 Å². The van der Waals surface area contributed by atoms with Crippen molar-refractivity contribution < 1.29 is 37.7 Å². The zero-order valence-corrected chi connectivity index (χ0v) is 23.9. The van der Waals surface area contributed by atoms with Crippen LogP contribution in [-0.4, -0.2) is 81.9 Å². The summed E-state index contributed by atoms with van der Waals surface area (Å²) in [6.45, 7) is 2.88. The predicted molar refractivity (Wildman–Crippen MR) is 152 cm³/mol. The second-order valence-electron chi connectivity index (χ2n) is 8.98. The van der Waals surface area contributed by atoms with Gasteiger partial charge < -0.3 is 38.5 Å². The summed E-state index contributed by atoms with van der Waals surface area (Å²) in [7, 11) is 4.67. The number of urea groups is 1. The van der Waals surface area contributed by atoms with Gasteiger partial charge in [0.15, 0.2) is 11.5 Å². The van der Waals surface area contributed by atoms with Crippen LogP contribution in [0, 0.1) is 0 Å². The molecule has 0 saturated carbocycles. The van der Waals surface area contributed by atoms with Crippen LogP contribution < -0.4 is 14.8 Å². The van der Waals surface area contributed by atoms with Crippen molar-refractivity contribution in [2.75, 3.05) is 59.5 Å². The zero-order chi connectivity index (χ0) is 29.6. The van der Waals surface area contributed by atoms with E-state index in [0.29, 0.717) is 41.5 Å². The molecule has 1 heterocycles. The zero-order valence-electron chi connectivity index (χ0n) is 23.9. The molecule has 0 aliphatic heterocycles. The van der Waals surface area contributed by atoms with Gasteiger partial charge in [-0.2, -0.15) is 0 Å². The molecule has 41 heavy (non-hydrogen) atoms. The normalized spacial score (nSPS) is 10.5. The Kier molecular flexibility index (Phi) is 12.0. The molecule has 2 aromatic carbocycles. The number of esters is 1. The molecule has 0 bridgehead atoms. The van der Waals surface area contributed by atoms with E-state index in [9.17, 15) is 14.4 Å². The molecule has 0 saturated heterocycles. The van der Waals surface area contributed by atoms with Crippen molar-refractivity contribution in [1.82, 2.24) is 9.80 Å². The van der Waals surface area contributed by atoms with Crippen LogP contribution in [0.5, 0.6) is 11.5 Å². The maximum atomic E-state index is 13.6. The topological polar surface area (TPSA) is 120 Å². The number of rotatable bonds is 15. The molecule has 1 aromatic heterocycles. The van der Waals surface area contributed by atoms with Crippen LogP contribution in [0.2, 0.25) is 0 Å². The van der Waals surface area contributed by atoms with E-state index < -0.39 is 12.0 Å². The quantitative estimate of drug-likeness (QED) is 0.271. The summed E-state index contributed by atoms with van der Waals surface area (Å²) in [5, 5.41) is 2.78. The third kappa shape index (κ3) is 9.28. The lowest BCUT2D eigenvalue weighted by Crippen LogP contribution is -2.46. The highest BCUT2D eigenvalue weighted by molar-refractivity contribution is 5.94. The van der Waals surface area contributed by atoms with Gasteiger partial charge in [-0.25, -0.2) is 9.59 Å². The predicted octanol–water partition coefficient (Wildman–Crippen LogP) is 4.23. The monoisotopic (exact) mass is 567 g/mol. The highest BCUT2D eigenvalue weighted by atomic mass is 16.5. The fraction of sp³-hybridized carbons (Fsp3) is 0.367. The van der Waals surface area contributed by atoms with E-state index in [0.717, 1.165) is 5.56 Å². The fourth-order valence-corrected chi connectivity index (χ4v) is 4.01. The second kappa shape index (κ2) is 15.9. The Hall–Kier alpha value is -4.51. The average Bonchev–Trinajstić information content (AvgIpc) is 3.50. The van der Waals surface area contributed by atoms with Gasteiger partial charge in [0.05, 0.1) is 45.8 Å². The molecule has 3 rings (SSSR count). The van der Waals surface area contributed by atoms with Gasteiger partial charge in [-0.3, -0.25) is 4.79 Å². The number of benzene rings is 2. The van der Waals surface area contributed by atoms with Gasteiger partial charge in [0.2, 0.25) is 5.91 Å². The molecule has 3 amide bonds. The molecule has 0 aliphatic carbocycles. The van der Waals surface area contributed by atoms with Crippen molar-refractivity contribution in [3.05, 3.63) is 77.7 Å². The van der Waals surface area contributed by atoms with Gasteiger partial charge in [-0.05, 0) is 67.4 Å². The Morgan fingerprint density at radius 2 is 1.66 bits per heavy atom. The number of carbonyl (C=O) groups is 3. The number of nitrogens with one attached hydrogen (secondary N) is 1. The molecule has 0 atom stereocenters. The first kappa shape index (κ1) is 31.0. The maximum absolute atomic E-state index is 13.6. The standard InChI is InChI=1S/C30H37N3O8/c1-5-40-29(35)23-9-11-24(12-10-23)31-30(36)33(16-18-37-2)21-28(34)32(20-25-7-6-17-41-25)15-14-22-8-13-26(38-3)27(19-22)39-4/h6-13,17,19H,5,14-16,18,20-21H2,1-4H3,(H,31,36). The van der Waals surface area contributed by atoms with E-state index in [1.54, 1.807) is 68.7 Å². The summed E-state index contributed by atoms with van der Waals surface area (Å²) >= 11 is 0. The maximum Gasteiger partial charge on any atom is 0.338 e. The van der Waals surface area contributed by atoms with Crippen molar-refractivity contribution in [3.8, 4) is 11.5 Å². The van der Waals surface area contributed by atoms with E-state index in [4.69, 9.17) is 23.4 Å². The Morgan fingerprint density at radius 3 is 2.29 bits per heavy atom. The minimum absolute atomic E-state index is 0.178. The summed E-state index contributed by atoms with van der Waals surface area (Å²) in [5.41, 5.74) is 1.80. The number of methoxy groups -OCH3 is 3. The molecule has 0 radical (unpaired) electrons. The van der Waals surface area contributed by atoms with Crippen molar-refractivity contribution >= 4 is 23.6 Å². The molecule has 11 nitrogen and oxygen atoms in total. The number of nitrogens with zero attached hydrogens (tertiary/aromatic N) is 2. The van der Waals surface area contributed by atoms with Crippen LogP contribution in [0.25, 0.3) is 0 Å². The molecule has 220 valence electrons. The van der Waals surface area contributed by atoms with E-state index in [2.05, 4.69) is 5.32 Å². The third-order valence-corrected chi connectivity index (χ3v) is 6.22. The summed E-state index contributed by atoms with van der Waals surface area (Å²) in [6.07, 6.45) is 2.10. The summed E-state index contributed by atoms with van der Waals surface area (Å²) in [6, 6.07) is 15.0. The molecule has 0 fully saturated rings. The molecular formula is C30H37N3O8. The summed E-state index contributed by atoms with van der Waals surface area (Å²) in [4.78, 5) is 41.7. The molecule has 0 spiro atoms. The first-order valence-electron chi connectivity index (χ1n) is 13.2. The molecular weight excluding hydrogens is 530 g/mol. The van der Waals surface area contributed by atoms with Crippen LogP contribution in [0.15, 0.2) is 65.3 Å². The Balaban J connectivity index is 1.71.